The van der Waals surface area contributed by atoms with Gasteiger partial charge in [0.15, 0.2) is 11.9 Å². The zero-order valence-electron chi connectivity index (χ0n) is 21.7. The maximum Gasteiger partial charge on any atom is 0.326 e. The van der Waals surface area contributed by atoms with Crippen molar-refractivity contribution in [3.05, 3.63) is 0 Å². The normalized spacial score (nSPS) is 14.4. The molecule has 0 aromatic heterocycles. The number of nitrogens with one attached hydrogen (secondary N) is 3. The molecule has 18 nitrogen and oxygen atoms in total. The van der Waals surface area contributed by atoms with Gasteiger partial charge >= 0.3 is 11.9 Å². The van der Waals surface area contributed by atoms with Crippen molar-refractivity contribution in [2.24, 2.45) is 38.7 Å². The first-order chi connectivity index (χ1) is 18.1. The summed E-state index contributed by atoms with van der Waals surface area (Å²) in [6.07, 6.45) is -1.66. The highest BCUT2D eigenvalue weighted by Crippen LogP contribution is 2.05. The second-order valence-corrected chi connectivity index (χ2v) is 8.62. The van der Waals surface area contributed by atoms with E-state index in [-0.39, 0.29) is 63.5 Å². The van der Waals surface area contributed by atoms with E-state index in [0.29, 0.717) is 0 Å². The Hall–Kier alpha value is -4.19. The average molecular weight is 561 g/mol. The van der Waals surface area contributed by atoms with Gasteiger partial charge in [-0.05, 0) is 39.0 Å². The molecule has 0 aliphatic carbocycles. The Kier molecular flexibility index (Phi) is 16.2. The highest BCUT2D eigenvalue weighted by molar-refractivity contribution is 5.94. The third-order valence-electron chi connectivity index (χ3n) is 5.21. The highest BCUT2D eigenvalue weighted by Gasteiger charge is 2.32. The van der Waals surface area contributed by atoms with Crippen molar-refractivity contribution < 1.29 is 39.3 Å². The second-order valence-electron chi connectivity index (χ2n) is 8.62. The number of nitrogens with two attached hydrogens (primary N) is 5. The van der Waals surface area contributed by atoms with Crippen molar-refractivity contribution in [1.29, 1.82) is 0 Å². The SMILES string of the molecule is CC(O)C(NC(=O)C(CCCN=C(N)N)NC(=O)C(N)CCC(=O)O)C(=O)NC(CCCN=C(N)N)C(=O)O. The number of aliphatic imine (C=N–C) groups is 2. The summed E-state index contributed by atoms with van der Waals surface area (Å²) >= 11 is 0. The Labute approximate surface area is 224 Å². The number of carboxylic acid groups (broad SMARTS) is 2. The molecule has 0 saturated heterocycles. The second kappa shape index (κ2) is 18.1. The quantitative estimate of drug-likeness (QED) is 0.0401. The number of carbonyl (C=O) groups excluding carboxylic acids is 3. The molecular weight excluding hydrogens is 520 g/mol. The summed E-state index contributed by atoms with van der Waals surface area (Å²) < 4.78 is 0. The zero-order chi connectivity index (χ0) is 30.1. The van der Waals surface area contributed by atoms with E-state index in [1.165, 1.54) is 6.92 Å². The van der Waals surface area contributed by atoms with Crippen molar-refractivity contribution in [2.45, 2.75) is 75.7 Å². The van der Waals surface area contributed by atoms with Crippen LogP contribution in [0.25, 0.3) is 0 Å². The van der Waals surface area contributed by atoms with Crippen molar-refractivity contribution in [2.75, 3.05) is 13.1 Å². The van der Waals surface area contributed by atoms with Crippen molar-refractivity contribution in [3.63, 3.8) is 0 Å². The summed E-state index contributed by atoms with van der Waals surface area (Å²) in [6, 6.07) is -5.46. The number of carbonyl (C=O) groups is 5. The van der Waals surface area contributed by atoms with E-state index in [1.807, 2.05) is 0 Å². The Bertz CT molecular complexity index is 903. The smallest absolute Gasteiger partial charge is 0.326 e. The van der Waals surface area contributed by atoms with E-state index in [9.17, 15) is 34.2 Å². The standard InChI is InChI=1S/C21H40N10O8/c1-10(32)15(18(37)30-13(19(38)39)5-3-9-28-21(25)26)31-17(36)12(4-2-8-27-20(23)24)29-16(35)11(22)6-7-14(33)34/h10-13,15,32H,2-9,22H2,1H3,(H,29,35)(H,30,37)(H,31,36)(H,33,34)(H,38,39)(H4,23,24,27)(H4,25,26,28). The molecule has 0 saturated carbocycles. The molecule has 0 spiro atoms. The van der Waals surface area contributed by atoms with Crippen LogP contribution < -0.4 is 44.6 Å². The van der Waals surface area contributed by atoms with Crippen LogP contribution in [0.4, 0.5) is 0 Å². The lowest BCUT2D eigenvalue weighted by Crippen LogP contribution is -2.59. The van der Waals surface area contributed by atoms with E-state index >= 15 is 0 Å². The fourth-order valence-corrected chi connectivity index (χ4v) is 3.14. The highest BCUT2D eigenvalue weighted by atomic mass is 16.4. The van der Waals surface area contributed by atoms with Crippen molar-refractivity contribution in [3.8, 4) is 0 Å². The van der Waals surface area contributed by atoms with E-state index in [1.54, 1.807) is 0 Å². The Morgan fingerprint density at radius 3 is 1.67 bits per heavy atom. The van der Waals surface area contributed by atoms with Gasteiger partial charge in [0.25, 0.3) is 0 Å². The molecule has 0 rings (SSSR count). The fraction of sp³-hybridized carbons (Fsp3) is 0.667. The van der Waals surface area contributed by atoms with Crippen LogP contribution >= 0.6 is 0 Å². The van der Waals surface area contributed by atoms with Gasteiger partial charge in [-0.2, -0.15) is 0 Å². The predicted molar refractivity (Wildman–Crippen MR) is 140 cm³/mol. The molecular formula is C21H40N10O8. The van der Waals surface area contributed by atoms with Gasteiger partial charge in [-0.1, -0.05) is 0 Å². The van der Waals surface area contributed by atoms with E-state index in [2.05, 4.69) is 25.9 Å². The number of carboxylic acids is 2. The third-order valence-corrected chi connectivity index (χ3v) is 5.21. The molecule has 39 heavy (non-hydrogen) atoms. The van der Waals surface area contributed by atoms with Gasteiger partial charge in [0, 0.05) is 19.5 Å². The van der Waals surface area contributed by atoms with E-state index < -0.39 is 59.9 Å². The first-order valence-corrected chi connectivity index (χ1v) is 12.1. The number of aliphatic carboxylic acids is 2. The Morgan fingerprint density at radius 2 is 1.23 bits per heavy atom. The first kappa shape index (κ1) is 34.8. The van der Waals surface area contributed by atoms with Crippen LogP contribution in [-0.2, 0) is 24.0 Å². The summed E-state index contributed by atoms with van der Waals surface area (Å²) in [7, 11) is 0. The lowest BCUT2D eigenvalue weighted by Gasteiger charge is -2.26. The third kappa shape index (κ3) is 15.6. The van der Waals surface area contributed by atoms with Gasteiger partial charge in [0.05, 0.1) is 12.1 Å². The summed E-state index contributed by atoms with van der Waals surface area (Å²) in [4.78, 5) is 68.1. The van der Waals surface area contributed by atoms with Crippen molar-refractivity contribution in [1.82, 2.24) is 16.0 Å². The first-order valence-electron chi connectivity index (χ1n) is 12.1. The lowest BCUT2D eigenvalue weighted by molar-refractivity contribution is -0.143. The summed E-state index contributed by atoms with van der Waals surface area (Å²) in [6.45, 7) is 1.43. The van der Waals surface area contributed by atoms with Crippen LogP contribution in [-0.4, -0.2) is 100 Å². The number of amides is 3. The zero-order valence-corrected chi connectivity index (χ0v) is 21.7. The van der Waals surface area contributed by atoms with Gasteiger partial charge in [0.2, 0.25) is 17.7 Å². The molecule has 3 amide bonds. The minimum absolute atomic E-state index is 0.0172. The Balaban J connectivity index is 5.51. The predicted octanol–water partition coefficient (Wildman–Crippen LogP) is -4.79. The molecule has 222 valence electrons. The fourth-order valence-electron chi connectivity index (χ4n) is 3.14. The molecule has 16 N–H and O–H groups in total. The van der Waals surface area contributed by atoms with E-state index in [0.717, 1.165) is 0 Å². The number of guanidine groups is 2. The van der Waals surface area contributed by atoms with Crippen LogP contribution in [0.3, 0.4) is 0 Å². The van der Waals surface area contributed by atoms with Crippen LogP contribution in [0.5, 0.6) is 0 Å². The van der Waals surface area contributed by atoms with Crippen molar-refractivity contribution >= 4 is 41.6 Å². The molecule has 0 aliphatic heterocycles. The largest absolute Gasteiger partial charge is 0.481 e. The summed E-state index contributed by atoms with van der Waals surface area (Å²) in [5.41, 5.74) is 26.7. The van der Waals surface area contributed by atoms with Gasteiger partial charge in [-0.25, -0.2) is 4.79 Å². The maximum atomic E-state index is 13.0. The van der Waals surface area contributed by atoms with Gasteiger partial charge in [-0.15, -0.1) is 0 Å². The van der Waals surface area contributed by atoms with Gasteiger partial charge in [-0.3, -0.25) is 29.2 Å². The molecule has 0 heterocycles. The molecule has 0 aliphatic rings. The number of aliphatic hydroxyl groups excluding tert-OH is 1. The van der Waals surface area contributed by atoms with Crippen LogP contribution in [0.1, 0.15) is 45.4 Å². The van der Waals surface area contributed by atoms with Crippen LogP contribution in [0.15, 0.2) is 9.98 Å². The molecule has 5 unspecified atom stereocenters. The van der Waals surface area contributed by atoms with Crippen LogP contribution in [0, 0.1) is 0 Å². The topological polar surface area (TPSA) is 337 Å². The Morgan fingerprint density at radius 1 is 0.744 bits per heavy atom. The number of rotatable bonds is 19. The van der Waals surface area contributed by atoms with Gasteiger partial charge < -0.3 is 59.9 Å². The monoisotopic (exact) mass is 560 g/mol. The molecule has 0 fully saturated rings. The minimum Gasteiger partial charge on any atom is -0.481 e. The minimum atomic E-state index is -1.59. The number of aliphatic hydroxyl groups is 1. The number of nitrogens with zero attached hydrogens (tertiary/aromatic N) is 2. The summed E-state index contributed by atoms with van der Waals surface area (Å²) in [5, 5.41) is 35.3. The molecule has 0 aromatic carbocycles. The molecule has 5 atom stereocenters. The molecule has 0 radical (unpaired) electrons. The summed E-state index contributed by atoms with van der Waals surface area (Å²) in [5.74, 6) is -5.58. The van der Waals surface area contributed by atoms with E-state index in [4.69, 9.17) is 33.8 Å². The number of hydrogen-bond acceptors (Lipinski definition) is 9. The van der Waals surface area contributed by atoms with Gasteiger partial charge in [0.1, 0.15) is 18.1 Å². The number of hydrogen-bond donors (Lipinski definition) is 11. The average Bonchev–Trinajstić information content (AvgIpc) is 2.83. The molecule has 0 aromatic rings. The molecule has 0 bridgehead atoms. The lowest BCUT2D eigenvalue weighted by atomic mass is 10.1. The molecule has 18 heteroatoms. The van der Waals surface area contributed by atoms with Crippen LogP contribution in [0.2, 0.25) is 0 Å². The maximum absolute atomic E-state index is 13.0.